The molecular formula is C22H37N9O5. The number of nitrogens with zero attached hydrogens (tertiary/aromatic N) is 2. The fourth-order valence-corrected chi connectivity index (χ4v) is 3.82. The van der Waals surface area contributed by atoms with Crippen molar-refractivity contribution in [3.8, 4) is 0 Å². The molecule has 1 fully saturated rings. The molecule has 0 aromatic carbocycles. The maximum absolute atomic E-state index is 13.3. The molecule has 36 heavy (non-hydrogen) atoms. The number of rotatable bonds is 14. The van der Waals surface area contributed by atoms with E-state index in [4.69, 9.17) is 11.5 Å². The van der Waals surface area contributed by atoms with Crippen molar-refractivity contribution in [2.45, 2.75) is 70.1 Å². The molecule has 4 atom stereocenters. The van der Waals surface area contributed by atoms with Crippen LogP contribution < -0.4 is 32.7 Å². The van der Waals surface area contributed by atoms with Crippen LogP contribution in [0.5, 0.6) is 0 Å². The molecule has 0 spiro atoms. The van der Waals surface area contributed by atoms with E-state index in [-0.39, 0.29) is 37.2 Å². The van der Waals surface area contributed by atoms with Crippen molar-refractivity contribution in [2.24, 2.45) is 22.4 Å². The van der Waals surface area contributed by atoms with Crippen LogP contribution in [0.25, 0.3) is 0 Å². The highest BCUT2D eigenvalue weighted by atomic mass is 16.4. The SMILES string of the molecule is CC(C)C(NC(=O)C(CCCN=C(N)N)NC(=O)C(Cc1cnc[nH]1)NC(=O)C1CCCN1)C(=O)O. The van der Waals surface area contributed by atoms with Gasteiger partial charge in [-0.1, -0.05) is 13.8 Å². The zero-order valence-corrected chi connectivity index (χ0v) is 20.6. The number of aliphatic carboxylic acids is 1. The minimum atomic E-state index is -1.18. The third-order valence-electron chi connectivity index (χ3n) is 5.80. The Bertz CT molecular complexity index is 909. The average molecular weight is 508 g/mol. The summed E-state index contributed by atoms with van der Waals surface area (Å²) in [6.45, 7) is 4.27. The summed E-state index contributed by atoms with van der Waals surface area (Å²) in [6.07, 6.45) is 5.13. The number of amides is 3. The van der Waals surface area contributed by atoms with E-state index in [0.717, 1.165) is 6.42 Å². The lowest BCUT2D eigenvalue weighted by molar-refractivity contribution is -0.143. The van der Waals surface area contributed by atoms with Crippen molar-refractivity contribution in [1.29, 1.82) is 0 Å². The fraction of sp³-hybridized carbons (Fsp3) is 0.636. The van der Waals surface area contributed by atoms with Crippen LogP contribution in [0.4, 0.5) is 0 Å². The van der Waals surface area contributed by atoms with Crippen molar-refractivity contribution in [1.82, 2.24) is 31.2 Å². The van der Waals surface area contributed by atoms with Gasteiger partial charge < -0.3 is 42.8 Å². The van der Waals surface area contributed by atoms with Crippen LogP contribution in [0.3, 0.4) is 0 Å². The van der Waals surface area contributed by atoms with E-state index in [2.05, 4.69) is 36.2 Å². The molecule has 2 heterocycles. The van der Waals surface area contributed by atoms with E-state index in [9.17, 15) is 24.3 Å². The van der Waals surface area contributed by atoms with Gasteiger partial charge in [-0.15, -0.1) is 0 Å². The number of guanidine groups is 1. The average Bonchev–Trinajstić information content (AvgIpc) is 3.52. The number of carbonyl (C=O) groups is 4. The van der Waals surface area contributed by atoms with E-state index in [1.165, 1.54) is 6.33 Å². The fourth-order valence-electron chi connectivity index (χ4n) is 3.82. The maximum atomic E-state index is 13.3. The van der Waals surface area contributed by atoms with Crippen molar-refractivity contribution in [3.05, 3.63) is 18.2 Å². The second-order valence-corrected chi connectivity index (χ2v) is 9.07. The number of carboxylic acids is 1. The highest BCUT2D eigenvalue weighted by Crippen LogP contribution is 2.09. The number of carboxylic acid groups (broad SMARTS) is 1. The minimum Gasteiger partial charge on any atom is -0.480 e. The molecule has 0 aliphatic carbocycles. The second kappa shape index (κ2) is 14.0. The molecule has 14 nitrogen and oxygen atoms in total. The van der Waals surface area contributed by atoms with Gasteiger partial charge in [0.2, 0.25) is 17.7 Å². The molecule has 10 N–H and O–H groups in total. The Morgan fingerprint density at radius 2 is 1.89 bits per heavy atom. The van der Waals surface area contributed by atoms with Crippen LogP contribution in [0.15, 0.2) is 17.5 Å². The molecule has 1 saturated heterocycles. The molecule has 14 heteroatoms. The first-order valence-electron chi connectivity index (χ1n) is 12.0. The van der Waals surface area contributed by atoms with E-state index in [0.29, 0.717) is 25.1 Å². The number of nitrogens with two attached hydrogens (primary N) is 2. The lowest BCUT2D eigenvalue weighted by Gasteiger charge is -2.26. The number of aliphatic imine (C=N–C) groups is 1. The first-order valence-corrected chi connectivity index (χ1v) is 12.0. The maximum Gasteiger partial charge on any atom is 0.326 e. The van der Waals surface area contributed by atoms with Crippen molar-refractivity contribution >= 4 is 29.7 Å². The van der Waals surface area contributed by atoms with Crippen molar-refractivity contribution < 1.29 is 24.3 Å². The Morgan fingerprint density at radius 3 is 2.44 bits per heavy atom. The molecular weight excluding hydrogens is 470 g/mol. The predicted octanol–water partition coefficient (Wildman–Crippen LogP) is -2.05. The van der Waals surface area contributed by atoms with Crippen molar-refractivity contribution in [3.63, 3.8) is 0 Å². The summed E-state index contributed by atoms with van der Waals surface area (Å²) >= 11 is 0. The number of nitrogens with one attached hydrogen (secondary N) is 5. The van der Waals surface area contributed by atoms with Crippen molar-refractivity contribution in [2.75, 3.05) is 13.1 Å². The second-order valence-electron chi connectivity index (χ2n) is 9.07. The van der Waals surface area contributed by atoms with Gasteiger partial charge in [-0.05, 0) is 38.1 Å². The Hall–Kier alpha value is -3.68. The summed E-state index contributed by atoms with van der Waals surface area (Å²) in [6, 6.07) is -3.60. The highest BCUT2D eigenvalue weighted by Gasteiger charge is 2.32. The van der Waals surface area contributed by atoms with E-state index in [1.807, 2.05) is 0 Å². The quantitative estimate of drug-likeness (QED) is 0.0786. The lowest BCUT2D eigenvalue weighted by Crippen LogP contribution is -2.58. The van der Waals surface area contributed by atoms with Gasteiger partial charge in [0.1, 0.15) is 18.1 Å². The first kappa shape index (κ1) is 28.6. The molecule has 1 aliphatic heterocycles. The summed E-state index contributed by atoms with van der Waals surface area (Å²) in [5.41, 5.74) is 11.3. The Morgan fingerprint density at radius 1 is 1.17 bits per heavy atom. The minimum absolute atomic E-state index is 0.103. The topological polar surface area (TPSA) is 230 Å². The van der Waals surface area contributed by atoms with Gasteiger partial charge in [0, 0.05) is 24.9 Å². The predicted molar refractivity (Wildman–Crippen MR) is 131 cm³/mol. The van der Waals surface area contributed by atoms with Crippen LogP contribution in [0.1, 0.15) is 45.2 Å². The zero-order chi connectivity index (χ0) is 26.7. The molecule has 0 bridgehead atoms. The summed E-state index contributed by atoms with van der Waals surface area (Å²) in [5, 5.41) is 20.5. The largest absolute Gasteiger partial charge is 0.480 e. The standard InChI is InChI=1S/C22H37N9O5/c1-12(2)17(21(35)36)31-19(33)15(6-4-8-27-22(23)24)29-20(34)16(9-13-10-25-11-28-13)30-18(32)14-5-3-7-26-14/h10-12,14-17,26H,3-9H2,1-2H3,(H,25,28)(H,29,34)(H,30,32)(H,31,33)(H,35,36)(H4,23,24,27). The Labute approximate surface area is 209 Å². The van der Waals surface area contributed by atoms with Gasteiger partial charge in [-0.3, -0.25) is 19.4 Å². The molecule has 2 rings (SSSR count). The van der Waals surface area contributed by atoms with Crippen LogP contribution >= 0.6 is 0 Å². The first-order chi connectivity index (χ1) is 17.1. The zero-order valence-electron chi connectivity index (χ0n) is 20.6. The number of aromatic nitrogens is 2. The van der Waals surface area contributed by atoms with E-state index >= 15 is 0 Å². The van der Waals surface area contributed by atoms with Crippen LogP contribution in [-0.4, -0.2) is 82.0 Å². The summed E-state index contributed by atoms with van der Waals surface area (Å²) < 4.78 is 0. The number of carbonyl (C=O) groups excluding carboxylic acids is 3. The molecule has 200 valence electrons. The monoisotopic (exact) mass is 507 g/mol. The van der Waals surface area contributed by atoms with Gasteiger partial charge in [0.05, 0.1) is 12.4 Å². The number of aromatic amines is 1. The molecule has 4 unspecified atom stereocenters. The summed E-state index contributed by atoms with van der Waals surface area (Å²) in [4.78, 5) is 61.3. The van der Waals surface area contributed by atoms with E-state index < -0.39 is 42.0 Å². The molecule has 1 aromatic rings. The third-order valence-corrected chi connectivity index (χ3v) is 5.80. The normalized spacial score (nSPS) is 17.6. The Kier molecular flexibility index (Phi) is 11.1. The summed E-state index contributed by atoms with van der Waals surface area (Å²) in [7, 11) is 0. The lowest BCUT2D eigenvalue weighted by atomic mass is 10.0. The Balaban J connectivity index is 2.17. The number of H-pyrrole nitrogens is 1. The smallest absolute Gasteiger partial charge is 0.326 e. The van der Waals surface area contributed by atoms with Gasteiger partial charge in [0.25, 0.3) is 0 Å². The van der Waals surface area contributed by atoms with Gasteiger partial charge >= 0.3 is 5.97 Å². The summed E-state index contributed by atoms with van der Waals surface area (Å²) in [5.74, 6) is -3.22. The van der Waals surface area contributed by atoms with Crippen LogP contribution in [-0.2, 0) is 25.6 Å². The van der Waals surface area contributed by atoms with Crippen LogP contribution in [0, 0.1) is 5.92 Å². The number of hydrogen-bond acceptors (Lipinski definition) is 7. The third kappa shape index (κ3) is 9.17. The number of hydrogen-bond donors (Lipinski definition) is 8. The molecule has 0 saturated carbocycles. The van der Waals surface area contributed by atoms with Gasteiger partial charge in [-0.2, -0.15) is 0 Å². The highest BCUT2D eigenvalue weighted by molar-refractivity contribution is 5.94. The van der Waals surface area contributed by atoms with Crippen LogP contribution in [0.2, 0.25) is 0 Å². The molecule has 0 radical (unpaired) electrons. The molecule has 1 aromatic heterocycles. The molecule has 3 amide bonds. The van der Waals surface area contributed by atoms with Gasteiger partial charge in [0.15, 0.2) is 5.96 Å². The molecule has 1 aliphatic rings. The van der Waals surface area contributed by atoms with E-state index in [1.54, 1.807) is 20.0 Å². The number of imidazole rings is 1. The van der Waals surface area contributed by atoms with Gasteiger partial charge in [-0.25, -0.2) is 9.78 Å².